The molecule has 0 saturated heterocycles. The molecule has 0 unspecified atom stereocenters. The fraction of sp³-hybridized carbons (Fsp3) is 0.429. The molecule has 1 heterocycles. The fourth-order valence-corrected chi connectivity index (χ4v) is 2.52. The van der Waals surface area contributed by atoms with Gasteiger partial charge in [-0.3, -0.25) is 0 Å². The second kappa shape index (κ2) is 6.62. The molecule has 5 heteroatoms. The van der Waals surface area contributed by atoms with Crippen LogP contribution in [0.5, 0.6) is 0 Å². The first-order valence-corrected chi connectivity index (χ1v) is 7.02. The summed E-state index contributed by atoms with van der Waals surface area (Å²) in [5.74, 6) is 0.834. The second-order valence-electron chi connectivity index (χ2n) is 4.35. The molecule has 19 heavy (non-hydrogen) atoms. The number of furan rings is 1. The second-order valence-corrected chi connectivity index (χ2v) is 5.16. The van der Waals surface area contributed by atoms with Gasteiger partial charge in [-0.15, -0.1) is 0 Å². The predicted molar refractivity (Wildman–Crippen MR) is 78.9 cm³/mol. The monoisotopic (exact) mass is 301 g/mol. The van der Waals surface area contributed by atoms with Gasteiger partial charge in [0.05, 0.1) is 23.2 Å². The van der Waals surface area contributed by atoms with Crippen molar-refractivity contribution in [1.29, 1.82) is 0 Å². The first kappa shape index (κ1) is 14.7. The summed E-state index contributed by atoms with van der Waals surface area (Å²) in [5.41, 5.74) is 1.60. The van der Waals surface area contributed by atoms with Gasteiger partial charge in [-0.2, -0.15) is 0 Å². The molecule has 0 saturated carbocycles. The molecule has 1 aromatic heterocycles. The molecule has 104 valence electrons. The molecule has 0 fully saturated rings. The minimum absolute atomic E-state index is 0.455. The molecule has 2 rings (SSSR count). The van der Waals surface area contributed by atoms with Gasteiger partial charge in [-0.05, 0) is 25.1 Å². The number of hydrogen-bond donors (Lipinski definition) is 1. The SMILES string of the molecule is CCCNCc1oc2c(Cl)ccc(Cl)c2c1COC. The van der Waals surface area contributed by atoms with Gasteiger partial charge in [0.25, 0.3) is 0 Å². The summed E-state index contributed by atoms with van der Waals surface area (Å²) in [7, 11) is 1.65. The molecule has 1 N–H and O–H groups in total. The molecule has 0 aliphatic heterocycles. The Kier molecular flexibility index (Phi) is 5.11. The van der Waals surface area contributed by atoms with E-state index < -0.39 is 0 Å². The van der Waals surface area contributed by atoms with Gasteiger partial charge < -0.3 is 14.5 Å². The average Bonchev–Trinajstić information content (AvgIpc) is 2.75. The lowest BCUT2D eigenvalue weighted by Crippen LogP contribution is -2.14. The van der Waals surface area contributed by atoms with Crippen molar-refractivity contribution in [1.82, 2.24) is 5.32 Å². The Morgan fingerprint density at radius 1 is 1.26 bits per heavy atom. The highest BCUT2D eigenvalue weighted by molar-refractivity contribution is 6.40. The first-order valence-electron chi connectivity index (χ1n) is 6.27. The van der Waals surface area contributed by atoms with Crippen LogP contribution in [0.3, 0.4) is 0 Å². The molecule has 3 nitrogen and oxygen atoms in total. The molecule has 0 radical (unpaired) electrons. The highest BCUT2D eigenvalue weighted by Crippen LogP contribution is 2.36. The summed E-state index contributed by atoms with van der Waals surface area (Å²) in [5, 5.41) is 5.37. The van der Waals surface area contributed by atoms with Crippen LogP contribution in [0.15, 0.2) is 16.5 Å². The zero-order valence-electron chi connectivity index (χ0n) is 11.1. The average molecular weight is 302 g/mol. The number of nitrogens with one attached hydrogen (secondary N) is 1. The molecule has 0 atom stereocenters. The van der Waals surface area contributed by atoms with Crippen molar-refractivity contribution in [2.45, 2.75) is 26.5 Å². The molecular weight excluding hydrogens is 285 g/mol. The van der Waals surface area contributed by atoms with E-state index in [1.165, 1.54) is 0 Å². The van der Waals surface area contributed by atoms with Crippen molar-refractivity contribution < 1.29 is 9.15 Å². The molecule has 0 aliphatic carbocycles. The number of halogens is 2. The summed E-state index contributed by atoms with van der Waals surface area (Å²) >= 11 is 12.4. The normalized spacial score (nSPS) is 11.4. The molecule has 0 amide bonds. The van der Waals surface area contributed by atoms with Crippen LogP contribution in [0.1, 0.15) is 24.7 Å². The van der Waals surface area contributed by atoms with Gasteiger partial charge in [0.15, 0.2) is 5.58 Å². The molecular formula is C14H17Cl2NO2. The Morgan fingerprint density at radius 3 is 2.68 bits per heavy atom. The van der Waals surface area contributed by atoms with Gasteiger partial charge in [-0.1, -0.05) is 30.1 Å². The molecule has 0 spiro atoms. The number of benzene rings is 1. The van der Waals surface area contributed by atoms with Crippen molar-refractivity contribution in [3.63, 3.8) is 0 Å². The quantitative estimate of drug-likeness (QED) is 0.804. The Balaban J connectivity index is 2.47. The molecule has 2 aromatic rings. The zero-order chi connectivity index (χ0) is 13.8. The van der Waals surface area contributed by atoms with E-state index in [1.807, 2.05) is 0 Å². The van der Waals surface area contributed by atoms with Crippen molar-refractivity contribution in [3.8, 4) is 0 Å². The Morgan fingerprint density at radius 2 is 2.00 bits per heavy atom. The van der Waals surface area contributed by atoms with Crippen LogP contribution in [-0.2, 0) is 17.9 Å². The van der Waals surface area contributed by atoms with E-state index in [0.29, 0.717) is 28.8 Å². The maximum absolute atomic E-state index is 6.25. The fourth-order valence-electron chi connectivity index (χ4n) is 2.06. The Labute approximate surface area is 122 Å². The van der Waals surface area contributed by atoms with Crippen LogP contribution in [0.2, 0.25) is 10.0 Å². The number of hydrogen-bond acceptors (Lipinski definition) is 3. The van der Waals surface area contributed by atoms with Crippen LogP contribution in [0.4, 0.5) is 0 Å². The van der Waals surface area contributed by atoms with Crippen LogP contribution < -0.4 is 5.32 Å². The van der Waals surface area contributed by atoms with Gasteiger partial charge in [0.2, 0.25) is 0 Å². The van der Waals surface area contributed by atoms with Crippen molar-refractivity contribution >= 4 is 34.2 Å². The van der Waals surface area contributed by atoms with Crippen LogP contribution >= 0.6 is 23.2 Å². The topological polar surface area (TPSA) is 34.4 Å². The van der Waals surface area contributed by atoms with Crippen molar-refractivity contribution in [3.05, 3.63) is 33.5 Å². The van der Waals surface area contributed by atoms with Crippen LogP contribution in [0, 0.1) is 0 Å². The summed E-state index contributed by atoms with van der Waals surface area (Å²) in [6.45, 7) is 4.16. The van der Waals surface area contributed by atoms with E-state index in [4.69, 9.17) is 32.4 Å². The van der Waals surface area contributed by atoms with E-state index in [-0.39, 0.29) is 0 Å². The lowest BCUT2D eigenvalue weighted by Gasteiger charge is -2.03. The Hall–Kier alpha value is -0.740. The smallest absolute Gasteiger partial charge is 0.154 e. The highest BCUT2D eigenvalue weighted by Gasteiger charge is 2.18. The van der Waals surface area contributed by atoms with Gasteiger partial charge in [0, 0.05) is 18.1 Å². The van der Waals surface area contributed by atoms with Gasteiger partial charge >= 0.3 is 0 Å². The van der Waals surface area contributed by atoms with E-state index >= 15 is 0 Å². The molecule has 1 aromatic carbocycles. The van der Waals surface area contributed by atoms with Gasteiger partial charge in [-0.25, -0.2) is 0 Å². The third-order valence-corrected chi connectivity index (χ3v) is 3.54. The van der Waals surface area contributed by atoms with Crippen molar-refractivity contribution in [2.75, 3.05) is 13.7 Å². The number of rotatable bonds is 6. The molecule has 0 aliphatic rings. The summed E-state index contributed by atoms with van der Waals surface area (Å²) in [4.78, 5) is 0. The number of ether oxygens (including phenoxy) is 1. The number of methoxy groups -OCH3 is 1. The summed E-state index contributed by atoms with van der Waals surface area (Å²) < 4.78 is 11.1. The standard InChI is InChI=1S/C14H17Cl2NO2/c1-3-6-17-7-12-9(8-18-2)13-10(15)4-5-11(16)14(13)19-12/h4-5,17H,3,6-8H2,1-2H3. The maximum Gasteiger partial charge on any atom is 0.154 e. The largest absolute Gasteiger partial charge is 0.458 e. The van der Waals surface area contributed by atoms with Crippen LogP contribution in [-0.4, -0.2) is 13.7 Å². The summed E-state index contributed by atoms with van der Waals surface area (Å²) in [6, 6.07) is 3.53. The third-order valence-electron chi connectivity index (χ3n) is 2.92. The van der Waals surface area contributed by atoms with E-state index in [9.17, 15) is 0 Å². The van der Waals surface area contributed by atoms with E-state index in [2.05, 4.69) is 12.2 Å². The maximum atomic E-state index is 6.25. The molecule has 0 bridgehead atoms. The lowest BCUT2D eigenvalue weighted by molar-refractivity contribution is 0.183. The summed E-state index contributed by atoms with van der Waals surface area (Å²) in [6.07, 6.45) is 1.07. The van der Waals surface area contributed by atoms with E-state index in [0.717, 1.165) is 29.7 Å². The minimum Gasteiger partial charge on any atom is -0.458 e. The predicted octanol–water partition coefficient (Wildman–Crippen LogP) is 4.39. The van der Waals surface area contributed by atoms with Crippen LogP contribution in [0.25, 0.3) is 11.0 Å². The highest BCUT2D eigenvalue weighted by atomic mass is 35.5. The minimum atomic E-state index is 0.455. The van der Waals surface area contributed by atoms with Crippen molar-refractivity contribution in [2.24, 2.45) is 0 Å². The first-order chi connectivity index (χ1) is 9.19. The zero-order valence-corrected chi connectivity index (χ0v) is 12.6. The number of fused-ring (bicyclic) bond motifs is 1. The third kappa shape index (κ3) is 3.06. The lowest BCUT2D eigenvalue weighted by atomic mass is 10.1. The van der Waals surface area contributed by atoms with E-state index in [1.54, 1.807) is 19.2 Å². The van der Waals surface area contributed by atoms with Gasteiger partial charge in [0.1, 0.15) is 5.76 Å². The Bertz CT molecular complexity index is 566.